The molecule has 0 N–H and O–H groups in total. The average Bonchev–Trinajstić information content (AvgIpc) is 3.08. The van der Waals surface area contributed by atoms with Gasteiger partial charge in [0.15, 0.2) is 0 Å². The zero-order valence-electron chi connectivity index (χ0n) is 16.3. The van der Waals surface area contributed by atoms with Crippen LogP contribution in [0.25, 0.3) is 0 Å². The minimum absolute atomic E-state index is 0.0251. The molecule has 0 saturated carbocycles. The van der Waals surface area contributed by atoms with Gasteiger partial charge >= 0.3 is 0 Å². The number of hydrogen-bond donors (Lipinski definition) is 0. The Bertz CT molecular complexity index is 830. The van der Waals surface area contributed by atoms with Gasteiger partial charge in [-0.3, -0.25) is 9.59 Å². The van der Waals surface area contributed by atoms with Crippen molar-refractivity contribution in [1.82, 2.24) is 0 Å². The second-order valence-corrected chi connectivity index (χ2v) is 7.25. The molecule has 0 aromatic heterocycles. The van der Waals surface area contributed by atoms with Gasteiger partial charge in [0.05, 0.1) is 13.0 Å². The predicted molar refractivity (Wildman–Crippen MR) is 107 cm³/mol. The molecule has 1 unspecified atom stereocenters. The molecular formula is C22H26N2O3. The van der Waals surface area contributed by atoms with Gasteiger partial charge in [-0.15, -0.1) is 0 Å². The van der Waals surface area contributed by atoms with E-state index in [0.717, 1.165) is 17.1 Å². The number of carbonyl (C=O) groups is 2. The molecule has 1 atom stereocenters. The molecule has 3 rings (SSSR count). The Morgan fingerprint density at radius 3 is 2.52 bits per heavy atom. The SMILES string of the molecule is COc1ccc(N2CC(C(=O)N(C)c3cccc(C(C)C)c3)CC2=O)cc1. The maximum Gasteiger partial charge on any atom is 0.232 e. The van der Waals surface area contributed by atoms with Gasteiger partial charge in [-0.1, -0.05) is 26.0 Å². The molecule has 1 heterocycles. The fraction of sp³-hybridized carbons (Fsp3) is 0.364. The van der Waals surface area contributed by atoms with Crippen LogP contribution in [-0.4, -0.2) is 32.5 Å². The lowest BCUT2D eigenvalue weighted by molar-refractivity contribution is -0.124. The van der Waals surface area contributed by atoms with Crippen LogP contribution in [0.15, 0.2) is 48.5 Å². The summed E-state index contributed by atoms with van der Waals surface area (Å²) in [5.41, 5.74) is 2.84. The van der Waals surface area contributed by atoms with Crippen molar-refractivity contribution in [2.24, 2.45) is 5.92 Å². The van der Waals surface area contributed by atoms with E-state index in [2.05, 4.69) is 19.9 Å². The van der Waals surface area contributed by atoms with Crippen LogP contribution < -0.4 is 14.5 Å². The summed E-state index contributed by atoms with van der Waals surface area (Å²) in [6.45, 7) is 4.66. The fourth-order valence-corrected chi connectivity index (χ4v) is 3.38. The van der Waals surface area contributed by atoms with Gasteiger partial charge in [-0.25, -0.2) is 0 Å². The highest BCUT2D eigenvalue weighted by Gasteiger charge is 2.36. The lowest BCUT2D eigenvalue weighted by Gasteiger charge is -2.22. The first-order valence-corrected chi connectivity index (χ1v) is 9.22. The van der Waals surface area contributed by atoms with Crippen LogP contribution in [0.2, 0.25) is 0 Å². The molecule has 5 nitrogen and oxygen atoms in total. The highest BCUT2D eigenvalue weighted by atomic mass is 16.5. The molecular weight excluding hydrogens is 340 g/mol. The zero-order chi connectivity index (χ0) is 19.6. The zero-order valence-corrected chi connectivity index (χ0v) is 16.3. The summed E-state index contributed by atoms with van der Waals surface area (Å²) < 4.78 is 5.16. The average molecular weight is 366 g/mol. The van der Waals surface area contributed by atoms with Crippen LogP contribution in [0.1, 0.15) is 31.7 Å². The molecule has 0 bridgehead atoms. The molecule has 2 aromatic carbocycles. The summed E-state index contributed by atoms with van der Waals surface area (Å²) in [5, 5.41) is 0. The van der Waals surface area contributed by atoms with E-state index in [-0.39, 0.29) is 24.2 Å². The molecule has 0 spiro atoms. The van der Waals surface area contributed by atoms with Crippen molar-refractivity contribution in [3.8, 4) is 5.75 Å². The van der Waals surface area contributed by atoms with Gasteiger partial charge in [0, 0.05) is 31.4 Å². The number of methoxy groups -OCH3 is 1. The number of anilines is 2. The number of hydrogen-bond acceptors (Lipinski definition) is 3. The van der Waals surface area contributed by atoms with E-state index in [1.54, 1.807) is 24.0 Å². The molecule has 1 fully saturated rings. The van der Waals surface area contributed by atoms with Crippen molar-refractivity contribution in [1.29, 1.82) is 0 Å². The number of nitrogens with zero attached hydrogens (tertiary/aromatic N) is 2. The van der Waals surface area contributed by atoms with Gasteiger partial charge in [0.2, 0.25) is 11.8 Å². The first-order valence-electron chi connectivity index (χ1n) is 9.22. The summed E-state index contributed by atoms with van der Waals surface area (Å²) in [4.78, 5) is 28.8. The second-order valence-electron chi connectivity index (χ2n) is 7.25. The fourth-order valence-electron chi connectivity index (χ4n) is 3.38. The van der Waals surface area contributed by atoms with E-state index in [1.807, 2.05) is 42.5 Å². The Labute approximate surface area is 160 Å². The molecule has 1 saturated heterocycles. The molecule has 142 valence electrons. The topological polar surface area (TPSA) is 49.9 Å². The maximum absolute atomic E-state index is 13.0. The van der Waals surface area contributed by atoms with Crippen molar-refractivity contribution in [2.45, 2.75) is 26.2 Å². The lowest BCUT2D eigenvalue weighted by Crippen LogP contribution is -2.34. The predicted octanol–water partition coefficient (Wildman–Crippen LogP) is 3.83. The number of benzene rings is 2. The Kier molecular flexibility index (Phi) is 5.49. The van der Waals surface area contributed by atoms with Gasteiger partial charge < -0.3 is 14.5 Å². The van der Waals surface area contributed by atoms with Crippen LogP contribution in [0.5, 0.6) is 5.75 Å². The summed E-state index contributed by atoms with van der Waals surface area (Å²) >= 11 is 0. The summed E-state index contributed by atoms with van der Waals surface area (Å²) in [6.07, 6.45) is 0.235. The quantitative estimate of drug-likeness (QED) is 0.808. The normalized spacial score (nSPS) is 16.7. The molecule has 2 amide bonds. The van der Waals surface area contributed by atoms with E-state index < -0.39 is 0 Å². The smallest absolute Gasteiger partial charge is 0.232 e. The number of rotatable bonds is 5. The first kappa shape index (κ1) is 19.0. The largest absolute Gasteiger partial charge is 0.497 e. The summed E-state index contributed by atoms with van der Waals surface area (Å²) in [6, 6.07) is 15.3. The van der Waals surface area contributed by atoms with Crippen molar-refractivity contribution >= 4 is 23.2 Å². The van der Waals surface area contributed by atoms with E-state index in [4.69, 9.17) is 4.74 Å². The highest BCUT2D eigenvalue weighted by molar-refractivity contribution is 6.04. The number of carbonyl (C=O) groups excluding carboxylic acids is 2. The van der Waals surface area contributed by atoms with Crippen molar-refractivity contribution < 1.29 is 14.3 Å². The second kappa shape index (κ2) is 7.82. The van der Waals surface area contributed by atoms with Crippen LogP contribution in [-0.2, 0) is 9.59 Å². The summed E-state index contributed by atoms with van der Waals surface area (Å²) in [5.74, 6) is 0.741. The third kappa shape index (κ3) is 3.97. The molecule has 0 radical (unpaired) electrons. The molecule has 2 aromatic rings. The van der Waals surface area contributed by atoms with E-state index in [9.17, 15) is 9.59 Å². The minimum Gasteiger partial charge on any atom is -0.497 e. The first-order chi connectivity index (χ1) is 12.9. The van der Waals surface area contributed by atoms with Gasteiger partial charge in [0.25, 0.3) is 0 Å². The Hall–Kier alpha value is -2.82. The van der Waals surface area contributed by atoms with Crippen molar-refractivity contribution in [2.75, 3.05) is 30.5 Å². The highest BCUT2D eigenvalue weighted by Crippen LogP contribution is 2.29. The molecule has 27 heavy (non-hydrogen) atoms. The number of ether oxygens (including phenoxy) is 1. The van der Waals surface area contributed by atoms with Crippen LogP contribution >= 0.6 is 0 Å². The lowest BCUT2D eigenvalue weighted by atomic mass is 10.0. The monoisotopic (exact) mass is 366 g/mol. The molecule has 1 aliphatic rings. The standard InChI is InChI=1S/C22H26N2O3/c1-15(2)16-6-5-7-19(12-16)23(3)22(26)17-13-21(25)24(14-17)18-8-10-20(27-4)11-9-18/h5-12,15,17H,13-14H2,1-4H3. The Morgan fingerprint density at radius 1 is 1.19 bits per heavy atom. The third-order valence-corrected chi connectivity index (χ3v) is 5.11. The maximum atomic E-state index is 13.0. The Balaban J connectivity index is 1.73. The van der Waals surface area contributed by atoms with E-state index in [0.29, 0.717) is 12.5 Å². The van der Waals surface area contributed by atoms with Crippen LogP contribution in [0, 0.1) is 5.92 Å². The van der Waals surface area contributed by atoms with E-state index in [1.165, 1.54) is 5.56 Å². The molecule has 1 aliphatic heterocycles. The van der Waals surface area contributed by atoms with Crippen molar-refractivity contribution in [3.63, 3.8) is 0 Å². The van der Waals surface area contributed by atoms with Crippen LogP contribution in [0.3, 0.4) is 0 Å². The van der Waals surface area contributed by atoms with Gasteiger partial charge in [0.1, 0.15) is 5.75 Å². The Morgan fingerprint density at radius 2 is 1.89 bits per heavy atom. The third-order valence-electron chi connectivity index (χ3n) is 5.11. The number of amides is 2. The van der Waals surface area contributed by atoms with Gasteiger partial charge in [-0.05, 0) is 47.9 Å². The van der Waals surface area contributed by atoms with Crippen LogP contribution in [0.4, 0.5) is 11.4 Å². The van der Waals surface area contributed by atoms with E-state index >= 15 is 0 Å². The van der Waals surface area contributed by atoms with Crippen molar-refractivity contribution in [3.05, 3.63) is 54.1 Å². The minimum atomic E-state index is -0.340. The molecule has 0 aliphatic carbocycles. The molecule has 5 heteroatoms. The summed E-state index contributed by atoms with van der Waals surface area (Å²) in [7, 11) is 3.39. The van der Waals surface area contributed by atoms with Gasteiger partial charge in [-0.2, -0.15) is 0 Å².